The van der Waals surface area contributed by atoms with E-state index in [4.69, 9.17) is 5.14 Å². The lowest BCUT2D eigenvalue weighted by atomic mass is 10.1. The molecule has 3 N–H and O–H groups in total. The molecule has 1 atom stereocenters. The van der Waals surface area contributed by atoms with Gasteiger partial charge in [-0.15, -0.1) is 10.2 Å². The van der Waals surface area contributed by atoms with Crippen LogP contribution in [0, 0.1) is 6.92 Å². The Bertz CT molecular complexity index is 1000. The number of sulfonamides is 1. The molecule has 0 aliphatic rings. The second kappa shape index (κ2) is 7.23. The summed E-state index contributed by atoms with van der Waals surface area (Å²) in [5.74, 6) is 0.642. The van der Waals surface area contributed by atoms with Crippen molar-refractivity contribution < 1.29 is 8.42 Å². The van der Waals surface area contributed by atoms with Crippen molar-refractivity contribution in [3.8, 4) is 11.3 Å². The number of benzene rings is 2. The molecule has 0 fully saturated rings. The molecular weight excluding hydrogens is 348 g/mol. The molecule has 0 spiro atoms. The van der Waals surface area contributed by atoms with Crippen molar-refractivity contribution in [3.63, 3.8) is 0 Å². The first kappa shape index (κ1) is 18.0. The van der Waals surface area contributed by atoms with Crippen molar-refractivity contribution in [3.05, 3.63) is 71.8 Å². The average Bonchev–Trinajstić information content (AvgIpc) is 2.62. The number of nitrogens with one attached hydrogen (secondary N) is 1. The highest BCUT2D eigenvalue weighted by molar-refractivity contribution is 7.89. The lowest BCUT2D eigenvalue weighted by Crippen LogP contribution is -2.13. The van der Waals surface area contributed by atoms with Crippen LogP contribution in [0.1, 0.15) is 24.1 Å². The molecule has 1 aromatic heterocycles. The fraction of sp³-hybridized carbons (Fsp3) is 0.158. The number of hydrogen-bond acceptors (Lipinski definition) is 5. The monoisotopic (exact) mass is 368 g/mol. The lowest BCUT2D eigenvalue weighted by molar-refractivity contribution is 0.597. The van der Waals surface area contributed by atoms with Gasteiger partial charge in [0.2, 0.25) is 10.0 Å². The SMILES string of the molecule is Cc1ccc(-c2ccc(N[C@@H](C)c3ccccc3)nn2)cc1S(N)(=O)=O. The average molecular weight is 368 g/mol. The fourth-order valence-corrected chi connectivity index (χ4v) is 3.48. The first-order valence-electron chi connectivity index (χ1n) is 8.13. The Labute approximate surface area is 153 Å². The van der Waals surface area contributed by atoms with Gasteiger partial charge in [-0.25, -0.2) is 13.6 Å². The van der Waals surface area contributed by atoms with Gasteiger partial charge in [0.05, 0.1) is 10.6 Å². The maximum atomic E-state index is 11.7. The number of nitrogens with zero attached hydrogens (tertiary/aromatic N) is 2. The molecule has 6 nitrogen and oxygen atoms in total. The van der Waals surface area contributed by atoms with Crippen molar-refractivity contribution >= 4 is 15.8 Å². The molecule has 3 rings (SSSR count). The molecule has 0 bridgehead atoms. The molecular formula is C19H20N4O2S. The van der Waals surface area contributed by atoms with Crippen LogP contribution in [0.15, 0.2) is 65.6 Å². The minimum absolute atomic E-state index is 0.0877. The Morgan fingerprint density at radius 2 is 1.73 bits per heavy atom. The molecule has 7 heteroatoms. The van der Waals surface area contributed by atoms with Crippen LogP contribution in [0.4, 0.5) is 5.82 Å². The van der Waals surface area contributed by atoms with Gasteiger partial charge in [0, 0.05) is 11.6 Å². The molecule has 0 amide bonds. The zero-order valence-electron chi connectivity index (χ0n) is 14.5. The summed E-state index contributed by atoms with van der Waals surface area (Å²) in [6.45, 7) is 3.75. The smallest absolute Gasteiger partial charge is 0.238 e. The topological polar surface area (TPSA) is 98.0 Å². The van der Waals surface area contributed by atoms with Gasteiger partial charge < -0.3 is 5.32 Å². The second-order valence-electron chi connectivity index (χ2n) is 6.11. The third-order valence-electron chi connectivity index (χ3n) is 4.12. The summed E-state index contributed by atoms with van der Waals surface area (Å²) >= 11 is 0. The van der Waals surface area contributed by atoms with Crippen LogP contribution in [-0.2, 0) is 10.0 Å². The summed E-state index contributed by atoms with van der Waals surface area (Å²) in [4.78, 5) is 0.0942. The minimum Gasteiger partial charge on any atom is -0.362 e. The van der Waals surface area contributed by atoms with E-state index in [0.717, 1.165) is 5.56 Å². The predicted octanol–water partition coefficient (Wildman–Crippen LogP) is 3.27. The first-order valence-corrected chi connectivity index (χ1v) is 9.68. The maximum Gasteiger partial charge on any atom is 0.238 e. The molecule has 0 saturated heterocycles. The second-order valence-corrected chi connectivity index (χ2v) is 7.64. The van der Waals surface area contributed by atoms with Crippen LogP contribution in [0.25, 0.3) is 11.3 Å². The zero-order valence-corrected chi connectivity index (χ0v) is 15.4. The van der Waals surface area contributed by atoms with E-state index in [2.05, 4.69) is 15.5 Å². The van der Waals surface area contributed by atoms with E-state index in [1.165, 1.54) is 6.07 Å². The fourth-order valence-electron chi connectivity index (χ4n) is 2.68. The van der Waals surface area contributed by atoms with Gasteiger partial charge in [0.25, 0.3) is 0 Å². The third-order valence-corrected chi connectivity index (χ3v) is 5.17. The van der Waals surface area contributed by atoms with Crippen molar-refractivity contribution in [2.75, 3.05) is 5.32 Å². The molecule has 0 aliphatic carbocycles. The molecule has 0 radical (unpaired) electrons. The Balaban J connectivity index is 1.82. The van der Waals surface area contributed by atoms with Gasteiger partial charge in [0.15, 0.2) is 0 Å². The number of hydrogen-bond donors (Lipinski definition) is 2. The number of aryl methyl sites for hydroxylation is 1. The van der Waals surface area contributed by atoms with E-state index < -0.39 is 10.0 Å². The van der Waals surface area contributed by atoms with Crippen LogP contribution >= 0.6 is 0 Å². The largest absolute Gasteiger partial charge is 0.362 e. The Morgan fingerprint density at radius 1 is 1.00 bits per heavy atom. The van der Waals surface area contributed by atoms with Gasteiger partial charge >= 0.3 is 0 Å². The van der Waals surface area contributed by atoms with E-state index in [1.54, 1.807) is 25.1 Å². The number of rotatable bonds is 5. The van der Waals surface area contributed by atoms with Crippen molar-refractivity contribution in [2.24, 2.45) is 5.14 Å². The molecule has 0 unspecified atom stereocenters. The van der Waals surface area contributed by atoms with E-state index in [1.807, 2.05) is 43.3 Å². The lowest BCUT2D eigenvalue weighted by Gasteiger charge is -2.14. The maximum absolute atomic E-state index is 11.7. The van der Waals surface area contributed by atoms with Crippen LogP contribution < -0.4 is 10.5 Å². The Kier molecular flexibility index (Phi) is 5.01. The number of aromatic nitrogens is 2. The summed E-state index contributed by atoms with van der Waals surface area (Å²) in [6, 6.07) is 18.8. The van der Waals surface area contributed by atoms with Crippen molar-refractivity contribution in [1.29, 1.82) is 0 Å². The molecule has 26 heavy (non-hydrogen) atoms. The molecule has 0 saturated carbocycles. The van der Waals surface area contributed by atoms with Crippen LogP contribution in [0.3, 0.4) is 0 Å². The summed E-state index contributed by atoms with van der Waals surface area (Å²) in [7, 11) is -3.78. The standard InChI is InChI=1S/C19H20N4O2S/c1-13-8-9-16(12-18(13)26(20,24)25)17-10-11-19(23-22-17)21-14(2)15-6-4-3-5-7-15/h3-12,14H,1-2H3,(H,21,23)(H2,20,24,25)/t14-/m0/s1. The number of anilines is 1. The molecule has 1 heterocycles. The Hall–Kier alpha value is -2.77. The van der Waals surface area contributed by atoms with E-state index >= 15 is 0 Å². The summed E-state index contributed by atoms with van der Waals surface area (Å²) in [5, 5.41) is 17.0. The highest BCUT2D eigenvalue weighted by Crippen LogP contribution is 2.24. The number of primary sulfonamides is 1. The first-order chi connectivity index (χ1) is 12.3. The summed E-state index contributed by atoms with van der Waals surface area (Å²) in [5.41, 5.74) is 2.97. The van der Waals surface area contributed by atoms with Crippen molar-refractivity contribution in [2.45, 2.75) is 24.8 Å². The van der Waals surface area contributed by atoms with Gasteiger partial charge in [0.1, 0.15) is 5.82 Å². The van der Waals surface area contributed by atoms with Gasteiger partial charge in [-0.1, -0.05) is 42.5 Å². The van der Waals surface area contributed by atoms with E-state index in [-0.39, 0.29) is 10.9 Å². The highest BCUT2D eigenvalue weighted by Gasteiger charge is 2.14. The normalized spacial score (nSPS) is 12.6. The summed E-state index contributed by atoms with van der Waals surface area (Å²) in [6.07, 6.45) is 0. The molecule has 134 valence electrons. The van der Waals surface area contributed by atoms with Crippen LogP contribution in [0.5, 0.6) is 0 Å². The van der Waals surface area contributed by atoms with E-state index in [0.29, 0.717) is 22.6 Å². The molecule has 3 aromatic rings. The molecule has 0 aliphatic heterocycles. The van der Waals surface area contributed by atoms with Crippen LogP contribution in [-0.4, -0.2) is 18.6 Å². The van der Waals surface area contributed by atoms with E-state index in [9.17, 15) is 8.42 Å². The predicted molar refractivity (Wildman–Crippen MR) is 102 cm³/mol. The molecule has 2 aromatic carbocycles. The van der Waals surface area contributed by atoms with Crippen molar-refractivity contribution in [1.82, 2.24) is 10.2 Å². The van der Waals surface area contributed by atoms with Gasteiger partial charge in [-0.05, 0) is 43.2 Å². The third kappa shape index (κ3) is 4.07. The van der Waals surface area contributed by atoms with Gasteiger partial charge in [-0.2, -0.15) is 0 Å². The highest BCUT2D eigenvalue weighted by atomic mass is 32.2. The number of nitrogens with two attached hydrogens (primary N) is 1. The quantitative estimate of drug-likeness (QED) is 0.720. The zero-order chi connectivity index (χ0) is 18.7. The van der Waals surface area contributed by atoms with Gasteiger partial charge in [-0.3, -0.25) is 0 Å². The summed E-state index contributed by atoms with van der Waals surface area (Å²) < 4.78 is 23.4. The van der Waals surface area contributed by atoms with Crippen LogP contribution in [0.2, 0.25) is 0 Å². The Morgan fingerprint density at radius 3 is 2.35 bits per heavy atom. The minimum atomic E-state index is -3.78.